The number of nitrogens with zero attached hydrogens (tertiary/aromatic N) is 1. The van der Waals surface area contributed by atoms with Gasteiger partial charge in [-0.2, -0.15) is 10.4 Å². The Labute approximate surface area is 167 Å². The first-order valence-electron chi connectivity index (χ1n) is 8.82. The van der Waals surface area contributed by atoms with Gasteiger partial charge in [-0.15, -0.1) is 0 Å². The predicted octanol–water partition coefficient (Wildman–Crippen LogP) is 2.82. The number of carbonyl (C=O) groups excluding carboxylic acids is 2. The number of benzene rings is 2. The third-order valence-corrected chi connectivity index (χ3v) is 5.89. The Kier molecular flexibility index (Phi) is 6.08. The van der Waals surface area contributed by atoms with Crippen LogP contribution in [0.25, 0.3) is 0 Å². The minimum atomic E-state index is -1.20. The molecule has 2 atom stereocenters. The zero-order valence-corrected chi connectivity index (χ0v) is 16.0. The molecule has 0 aromatic heterocycles. The van der Waals surface area contributed by atoms with Crippen LogP contribution in [0.3, 0.4) is 0 Å². The maximum atomic E-state index is 13.1. The molecule has 0 spiro atoms. The van der Waals surface area contributed by atoms with Gasteiger partial charge in [-0.25, -0.2) is 9.59 Å². The van der Waals surface area contributed by atoms with Crippen LogP contribution in [-0.4, -0.2) is 33.9 Å². The van der Waals surface area contributed by atoms with Crippen LogP contribution in [0.4, 0.5) is 0 Å². The third-order valence-electron chi connectivity index (χ3n) is 4.61. The fourth-order valence-electron chi connectivity index (χ4n) is 3.19. The fourth-order valence-corrected chi connectivity index (χ4v) is 4.38. The summed E-state index contributed by atoms with van der Waals surface area (Å²) in [4.78, 5) is 37.2. The normalized spacial score (nSPS) is 21.8. The minimum Gasteiger partial charge on any atom is -0.477 e. The fraction of sp³-hybridized carbons (Fsp3) is 0.190. The van der Waals surface area contributed by atoms with Gasteiger partial charge in [-0.3, -0.25) is 4.79 Å². The van der Waals surface area contributed by atoms with Crippen LogP contribution in [-0.2, 0) is 20.8 Å². The van der Waals surface area contributed by atoms with E-state index in [-0.39, 0.29) is 17.8 Å². The first-order chi connectivity index (χ1) is 13.4. The van der Waals surface area contributed by atoms with Gasteiger partial charge in [-0.1, -0.05) is 72.4 Å². The molecule has 0 fully saturated rings. The highest BCUT2D eigenvalue weighted by molar-refractivity contribution is 8.02. The second-order valence-corrected chi connectivity index (χ2v) is 7.58. The van der Waals surface area contributed by atoms with E-state index in [1.807, 2.05) is 36.4 Å². The Morgan fingerprint density at radius 2 is 1.64 bits per heavy atom. The number of quaternary nitrogens is 1. The molecule has 0 saturated heterocycles. The molecule has 1 heterocycles. The number of hydrogen-bond acceptors (Lipinski definition) is 5. The molecule has 1 aliphatic rings. The number of carbonyl (C=O) groups is 3. The second kappa shape index (κ2) is 8.52. The van der Waals surface area contributed by atoms with Crippen LogP contribution in [0.5, 0.6) is 0 Å². The van der Waals surface area contributed by atoms with Crippen molar-refractivity contribution in [3.8, 4) is 0 Å². The molecule has 7 heteroatoms. The number of hydrogen-bond donors (Lipinski definition) is 2. The molecule has 1 amide bonds. The first kappa shape index (κ1) is 20.0. The van der Waals surface area contributed by atoms with Crippen molar-refractivity contribution < 1.29 is 24.1 Å². The molecule has 0 aliphatic carbocycles. The van der Waals surface area contributed by atoms with Crippen molar-refractivity contribution in [2.24, 2.45) is 5.84 Å². The van der Waals surface area contributed by atoms with Gasteiger partial charge in [0.1, 0.15) is 5.57 Å². The highest BCUT2D eigenvalue weighted by Gasteiger charge is 2.50. The molecular weight excluding hydrogens is 376 g/mol. The average molecular weight is 397 g/mol. The molecule has 2 unspecified atom stereocenters. The molecule has 1 aliphatic heterocycles. The van der Waals surface area contributed by atoms with Crippen molar-refractivity contribution >= 4 is 29.4 Å². The quantitative estimate of drug-likeness (QED) is 0.323. The van der Waals surface area contributed by atoms with Crippen LogP contribution in [0.1, 0.15) is 22.9 Å². The summed E-state index contributed by atoms with van der Waals surface area (Å²) in [5.74, 6) is 4.12. The number of Topliss-reactive ketones (excluding diaryl/α,β-unsaturated/α-hetero) is 1. The number of thioether (sulfide) groups is 1. The summed E-state index contributed by atoms with van der Waals surface area (Å²) < 4.78 is -0.868. The van der Waals surface area contributed by atoms with E-state index < -0.39 is 28.4 Å². The number of aliphatic carboxylic acids is 1. The van der Waals surface area contributed by atoms with Gasteiger partial charge in [0.05, 0.1) is 0 Å². The van der Waals surface area contributed by atoms with Gasteiger partial charge in [0.15, 0.2) is 11.2 Å². The third kappa shape index (κ3) is 4.22. The van der Waals surface area contributed by atoms with E-state index in [4.69, 9.17) is 5.84 Å². The molecule has 0 radical (unpaired) electrons. The van der Waals surface area contributed by atoms with E-state index >= 15 is 0 Å². The average Bonchev–Trinajstić information content (AvgIpc) is 2.69. The highest BCUT2D eigenvalue weighted by atomic mass is 32.2. The Bertz CT molecular complexity index is 915. The maximum absolute atomic E-state index is 13.1. The zero-order valence-electron chi connectivity index (χ0n) is 15.2. The summed E-state index contributed by atoms with van der Waals surface area (Å²) >= 11 is 1.21. The number of amides is 1. The van der Waals surface area contributed by atoms with E-state index in [0.717, 1.165) is 11.1 Å². The Morgan fingerprint density at radius 3 is 2.25 bits per heavy atom. The Morgan fingerprint density at radius 1 is 1.04 bits per heavy atom. The van der Waals surface area contributed by atoms with E-state index in [2.05, 4.69) is 0 Å². The van der Waals surface area contributed by atoms with Crippen LogP contribution < -0.4 is 5.84 Å². The minimum absolute atomic E-state index is 0.0307. The van der Waals surface area contributed by atoms with Crippen molar-refractivity contribution in [3.63, 3.8) is 0 Å². The van der Waals surface area contributed by atoms with Gasteiger partial charge in [0.2, 0.25) is 6.54 Å². The monoisotopic (exact) mass is 397 g/mol. The SMILES string of the molecule is N[N+]1(CC(=O)O)C(=O)C(C(=O)CCc2ccccc2)=CSC1c1ccccc1. The lowest BCUT2D eigenvalue weighted by Crippen LogP contribution is -2.63. The van der Waals surface area contributed by atoms with E-state index in [1.165, 1.54) is 17.2 Å². The second-order valence-electron chi connectivity index (χ2n) is 6.63. The molecule has 28 heavy (non-hydrogen) atoms. The Hall–Kier alpha value is -2.74. The van der Waals surface area contributed by atoms with Gasteiger partial charge >= 0.3 is 11.9 Å². The van der Waals surface area contributed by atoms with Crippen LogP contribution in [0.15, 0.2) is 71.6 Å². The summed E-state index contributed by atoms with van der Waals surface area (Å²) in [5, 5.41) is 10.2. The van der Waals surface area contributed by atoms with Crippen molar-refractivity contribution in [2.75, 3.05) is 6.54 Å². The van der Waals surface area contributed by atoms with Crippen molar-refractivity contribution in [3.05, 3.63) is 82.8 Å². The predicted molar refractivity (Wildman–Crippen MR) is 107 cm³/mol. The van der Waals surface area contributed by atoms with Crippen LogP contribution >= 0.6 is 11.8 Å². The van der Waals surface area contributed by atoms with Crippen molar-refractivity contribution in [1.82, 2.24) is 0 Å². The Balaban J connectivity index is 1.85. The van der Waals surface area contributed by atoms with Crippen molar-refractivity contribution in [1.29, 1.82) is 0 Å². The molecule has 2 aromatic carbocycles. The number of carboxylic acid groups (broad SMARTS) is 1. The van der Waals surface area contributed by atoms with E-state index in [1.54, 1.807) is 24.3 Å². The molecular formula is C21H21N2O4S+. The lowest BCUT2D eigenvalue weighted by molar-refractivity contribution is -0.873. The maximum Gasteiger partial charge on any atom is 0.370 e. The molecule has 144 valence electrons. The number of nitrogens with two attached hydrogens (primary N) is 1. The van der Waals surface area contributed by atoms with Gasteiger partial charge < -0.3 is 5.11 Å². The smallest absolute Gasteiger partial charge is 0.370 e. The van der Waals surface area contributed by atoms with Crippen molar-refractivity contribution in [2.45, 2.75) is 18.2 Å². The summed E-state index contributed by atoms with van der Waals surface area (Å²) in [6, 6.07) is 18.5. The summed E-state index contributed by atoms with van der Waals surface area (Å²) in [7, 11) is 0. The van der Waals surface area contributed by atoms with Gasteiger partial charge in [0.25, 0.3) is 0 Å². The topological polar surface area (TPSA) is 97.5 Å². The zero-order chi connectivity index (χ0) is 20.1. The highest BCUT2D eigenvalue weighted by Crippen LogP contribution is 2.42. The molecule has 6 nitrogen and oxygen atoms in total. The van der Waals surface area contributed by atoms with E-state index in [0.29, 0.717) is 6.42 Å². The van der Waals surface area contributed by atoms with Gasteiger partial charge in [0, 0.05) is 12.0 Å². The molecule has 0 saturated carbocycles. The molecule has 3 rings (SSSR count). The largest absolute Gasteiger partial charge is 0.477 e. The van der Waals surface area contributed by atoms with E-state index in [9.17, 15) is 19.5 Å². The number of rotatable bonds is 7. The lowest BCUT2D eigenvalue weighted by Gasteiger charge is -2.38. The summed E-state index contributed by atoms with van der Waals surface area (Å²) in [6.07, 6.45) is 0.659. The van der Waals surface area contributed by atoms with Gasteiger partial charge in [-0.05, 0) is 17.4 Å². The standard InChI is InChI=1S/C21H20N2O4S/c22-23(13-19(25)26)20(27)17(14-28-21(23)16-9-5-2-6-10-16)18(24)12-11-15-7-3-1-4-8-15/h1-10,14,21H,11-13,22H2/p+1. The molecule has 0 bridgehead atoms. The number of carboxylic acids is 1. The number of ketones is 1. The number of aryl methyl sites for hydroxylation is 1. The molecule has 2 aromatic rings. The summed E-state index contributed by atoms with van der Waals surface area (Å²) in [6.45, 7) is -0.602. The van der Waals surface area contributed by atoms with Crippen LogP contribution in [0.2, 0.25) is 0 Å². The molecule has 3 N–H and O–H groups in total. The summed E-state index contributed by atoms with van der Waals surface area (Å²) in [5.41, 5.74) is 1.70. The lowest BCUT2D eigenvalue weighted by atomic mass is 10.0. The first-order valence-corrected chi connectivity index (χ1v) is 9.77. The van der Waals surface area contributed by atoms with Crippen LogP contribution in [0, 0.1) is 0 Å².